The van der Waals surface area contributed by atoms with E-state index in [-0.39, 0.29) is 11.5 Å². The Hall–Kier alpha value is -2.15. The summed E-state index contributed by atoms with van der Waals surface area (Å²) >= 11 is 0. The summed E-state index contributed by atoms with van der Waals surface area (Å²) in [5.41, 5.74) is 1.08. The van der Waals surface area contributed by atoms with Crippen molar-refractivity contribution < 1.29 is 18.9 Å². The second-order valence-electron chi connectivity index (χ2n) is 7.21. The summed E-state index contributed by atoms with van der Waals surface area (Å²) in [6.07, 6.45) is 0.832. The molecule has 1 unspecified atom stereocenters. The first kappa shape index (κ1) is 22.9. The number of nitrogens with zero attached hydrogens (tertiary/aromatic N) is 1. The molecule has 1 atom stereocenters. The van der Waals surface area contributed by atoms with Gasteiger partial charge in [0, 0.05) is 32.8 Å². The van der Waals surface area contributed by atoms with Crippen LogP contribution in [0.15, 0.2) is 17.1 Å². The van der Waals surface area contributed by atoms with Crippen molar-refractivity contribution in [2.75, 3.05) is 48.6 Å². The van der Waals surface area contributed by atoms with E-state index in [1.807, 2.05) is 12.1 Å². The van der Waals surface area contributed by atoms with E-state index in [0.29, 0.717) is 30.3 Å². The molecule has 0 aromatic heterocycles. The van der Waals surface area contributed by atoms with E-state index in [9.17, 15) is 0 Å². The molecule has 2 N–H and O–H groups in total. The number of rotatable bonds is 9. The SMILES string of the molecule is CN=C(NCCc1ccc(OC)c(OC)c1OC)NCC(OC)C(C)(C)C. The van der Waals surface area contributed by atoms with Crippen LogP contribution in [0.3, 0.4) is 0 Å². The lowest BCUT2D eigenvalue weighted by Crippen LogP contribution is -2.45. The van der Waals surface area contributed by atoms with Gasteiger partial charge in [0.2, 0.25) is 5.75 Å². The molecule has 27 heavy (non-hydrogen) atoms. The molecule has 0 saturated carbocycles. The van der Waals surface area contributed by atoms with Crippen molar-refractivity contribution in [2.45, 2.75) is 33.3 Å². The molecule has 0 aliphatic heterocycles. The molecule has 7 heteroatoms. The summed E-state index contributed by atoms with van der Waals surface area (Å²) in [5, 5.41) is 6.64. The quantitative estimate of drug-likeness (QED) is 0.506. The van der Waals surface area contributed by atoms with Gasteiger partial charge in [0.05, 0.1) is 27.4 Å². The molecular formula is C20H35N3O4. The molecule has 0 saturated heterocycles. The fourth-order valence-corrected chi connectivity index (χ4v) is 2.83. The van der Waals surface area contributed by atoms with Gasteiger partial charge in [-0.15, -0.1) is 0 Å². The summed E-state index contributed by atoms with van der Waals surface area (Å²) in [4.78, 5) is 4.27. The van der Waals surface area contributed by atoms with Crippen molar-refractivity contribution in [2.24, 2.45) is 10.4 Å². The number of hydrogen-bond donors (Lipinski definition) is 2. The van der Waals surface area contributed by atoms with Gasteiger partial charge >= 0.3 is 0 Å². The number of ether oxygens (including phenoxy) is 4. The van der Waals surface area contributed by atoms with E-state index in [1.165, 1.54) is 0 Å². The van der Waals surface area contributed by atoms with Gasteiger partial charge in [-0.2, -0.15) is 0 Å². The van der Waals surface area contributed by atoms with Gasteiger partial charge < -0.3 is 29.6 Å². The summed E-state index contributed by atoms with van der Waals surface area (Å²) in [7, 11) is 8.34. The van der Waals surface area contributed by atoms with E-state index < -0.39 is 0 Å². The smallest absolute Gasteiger partial charge is 0.203 e. The minimum absolute atomic E-state index is 0.0492. The Balaban J connectivity index is 2.68. The molecule has 1 aromatic carbocycles. The topological polar surface area (TPSA) is 73.3 Å². The number of aliphatic imine (C=N–C) groups is 1. The fraction of sp³-hybridized carbons (Fsp3) is 0.650. The predicted octanol–water partition coefficient (Wildman–Crippen LogP) is 2.48. The third kappa shape index (κ3) is 6.50. The van der Waals surface area contributed by atoms with Crippen LogP contribution in [0.4, 0.5) is 0 Å². The van der Waals surface area contributed by atoms with Crippen molar-refractivity contribution in [1.82, 2.24) is 10.6 Å². The van der Waals surface area contributed by atoms with Gasteiger partial charge in [-0.25, -0.2) is 0 Å². The molecule has 0 spiro atoms. The van der Waals surface area contributed by atoms with Crippen molar-refractivity contribution in [3.05, 3.63) is 17.7 Å². The first-order chi connectivity index (χ1) is 12.8. The molecule has 7 nitrogen and oxygen atoms in total. The Morgan fingerprint density at radius 1 is 1.00 bits per heavy atom. The zero-order chi connectivity index (χ0) is 20.4. The molecule has 0 aliphatic rings. The van der Waals surface area contributed by atoms with Gasteiger partial charge in [-0.1, -0.05) is 26.8 Å². The van der Waals surface area contributed by atoms with Crippen molar-refractivity contribution >= 4 is 5.96 Å². The molecule has 0 radical (unpaired) electrons. The van der Waals surface area contributed by atoms with Crippen LogP contribution in [-0.2, 0) is 11.2 Å². The Bertz CT molecular complexity index is 612. The minimum atomic E-state index is 0.0492. The first-order valence-electron chi connectivity index (χ1n) is 9.07. The first-order valence-corrected chi connectivity index (χ1v) is 9.07. The Morgan fingerprint density at radius 2 is 1.67 bits per heavy atom. The molecule has 1 aromatic rings. The highest BCUT2D eigenvalue weighted by molar-refractivity contribution is 5.79. The lowest BCUT2D eigenvalue weighted by atomic mass is 9.89. The summed E-state index contributed by atoms with van der Waals surface area (Å²) in [6.45, 7) is 7.84. The predicted molar refractivity (Wildman–Crippen MR) is 109 cm³/mol. The van der Waals surface area contributed by atoms with Gasteiger partial charge in [0.25, 0.3) is 0 Å². The third-order valence-corrected chi connectivity index (χ3v) is 4.40. The molecule has 0 heterocycles. The van der Waals surface area contributed by atoms with E-state index in [1.54, 1.807) is 35.5 Å². The standard InChI is InChI=1S/C20H35N3O4/c1-20(2,3)16(25-6)13-23-19(21-4)22-12-11-14-9-10-15(24-5)18(27-8)17(14)26-7/h9-10,16H,11-13H2,1-8H3,(H2,21,22,23). The second kappa shape index (κ2) is 10.9. The van der Waals surface area contributed by atoms with E-state index in [2.05, 4.69) is 36.4 Å². The van der Waals surface area contributed by atoms with Crippen LogP contribution in [0, 0.1) is 5.41 Å². The molecule has 0 bridgehead atoms. The van der Waals surface area contributed by atoms with Crippen LogP contribution >= 0.6 is 0 Å². The molecule has 1 rings (SSSR count). The van der Waals surface area contributed by atoms with Crippen molar-refractivity contribution in [3.8, 4) is 17.2 Å². The zero-order valence-electron chi connectivity index (χ0n) is 17.9. The third-order valence-electron chi connectivity index (χ3n) is 4.40. The molecule has 0 fully saturated rings. The van der Waals surface area contributed by atoms with Crippen LogP contribution in [0.1, 0.15) is 26.3 Å². The highest BCUT2D eigenvalue weighted by atomic mass is 16.5. The highest BCUT2D eigenvalue weighted by Crippen LogP contribution is 2.39. The lowest BCUT2D eigenvalue weighted by molar-refractivity contribution is 0.0205. The maximum absolute atomic E-state index is 5.57. The van der Waals surface area contributed by atoms with Gasteiger partial charge in [-0.05, 0) is 17.9 Å². The van der Waals surface area contributed by atoms with Crippen LogP contribution in [0.2, 0.25) is 0 Å². The largest absolute Gasteiger partial charge is 0.493 e. The lowest BCUT2D eigenvalue weighted by Gasteiger charge is -2.30. The van der Waals surface area contributed by atoms with Crippen LogP contribution < -0.4 is 24.8 Å². The number of benzene rings is 1. The van der Waals surface area contributed by atoms with Gasteiger partial charge in [0.1, 0.15) is 0 Å². The zero-order valence-corrected chi connectivity index (χ0v) is 17.9. The maximum Gasteiger partial charge on any atom is 0.203 e. The fourth-order valence-electron chi connectivity index (χ4n) is 2.83. The second-order valence-corrected chi connectivity index (χ2v) is 7.21. The number of nitrogens with one attached hydrogen (secondary N) is 2. The molecule has 0 amide bonds. The average molecular weight is 382 g/mol. The number of guanidine groups is 1. The summed E-state index contributed by atoms with van der Waals surface area (Å²) < 4.78 is 21.9. The molecule has 0 aliphatic carbocycles. The van der Waals surface area contributed by atoms with E-state index >= 15 is 0 Å². The number of methoxy groups -OCH3 is 4. The van der Waals surface area contributed by atoms with Gasteiger partial charge in [-0.3, -0.25) is 4.99 Å². The van der Waals surface area contributed by atoms with Crippen molar-refractivity contribution in [3.63, 3.8) is 0 Å². The Kier molecular flexibility index (Phi) is 9.21. The van der Waals surface area contributed by atoms with E-state index in [4.69, 9.17) is 18.9 Å². The maximum atomic E-state index is 5.57. The minimum Gasteiger partial charge on any atom is -0.493 e. The van der Waals surface area contributed by atoms with E-state index in [0.717, 1.165) is 17.9 Å². The summed E-state index contributed by atoms with van der Waals surface area (Å²) in [6, 6.07) is 3.87. The highest BCUT2D eigenvalue weighted by Gasteiger charge is 2.24. The number of hydrogen-bond acceptors (Lipinski definition) is 5. The monoisotopic (exact) mass is 381 g/mol. The summed E-state index contributed by atoms with van der Waals surface area (Å²) in [5.74, 6) is 2.68. The Morgan fingerprint density at radius 3 is 2.15 bits per heavy atom. The normalized spacial score (nSPS) is 13.1. The van der Waals surface area contributed by atoms with Gasteiger partial charge in [0.15, 0.2) is 17.5 Å². The Labute approximate surface area is 163 Å². The van der Waals surface area contributed by atoms with Crippen LogP contribution in [-0.4, -0.2) is 60.6 Å². The van der Waals surface area contributed by atoms with Crippen LogP contribution in [0.25, 0.3) is 0 Å². The molecule has 154 valence electrons. The van der Waals surface area contributed by atoms with Crippen molar-refractivity contribution in [1.29, 1.82) is 0 Å². The van der Waals surface area contributed by atoms with Crippen LogP contribution in [0.5, 0.6) is 17.2 Å². The average Bonchev–Trinajstić information content (AvgIpc) is 2.65. The molecular weight excluding hydrogens is 346 g/mol.